The average Bonchev–Trinajstić information content (AvgIpc) is 3.32. The van der Waals surface area contributed by atoms with Gasteiger partial charge in [0, 0.05) is 17.8 Å². The van der Waals surface area contributed by atoms with Crippen molar-refractivity contribution in [2.24, 2.45) is 0 Å². The van der Waals surface area contributed by atoms with Crippen LogP contribution in [-0.4, -0.2) is 40.4 Å². The third-order valence-electron chi connectivity index (χ3n) is 5.55. The second-order valence-corrected chi connectivity index (χ2v) is 8.08. The predicted molar refractivity (Wildman–Crippen MR) is 132 cm³/mol. The van der Waals surface area contributed by atoms with E-state index in [1.807, 2.05) is 55.5 Å². The fourth-order valence-corrected chi connectivity index (χ4v) is 4.28. The van der Waals surface area contributed by atoms with Crippen molar-refractivity contribution in [1.82, 2.24) is 20.4 Å². The Kier molecular flexibility index (Phi) is 6.93. The Morgan fingerprint density at radius 3 is 2.61 bits per heavy atom. The van der Waals surface area contributed by atoms with Crippen LogP contribution in [0.1, 0.15) is 44.7 Å². The molecule has 0 spiro atoms. The summed E-state index contributed by atoms with van der Waals surface area (Å²) in [5, 5.41) is 8.41. The van der Waals surface area contributed by atoms with E-state index in [0.29, 0.717) is 23.4 Å². The smallest absolute Gasteiger partial charge is 0.258 e. The van der Waals surface area contributed by atoms with Crippen LogP contribution in [0.15, 0.2) is 58.8 Å². The van der Waals surface area contributed by atoms with Crippen LogP contribution in [0.5, 0.6) is 11.5 Å². The van der Waals surface area contributed by atoms with Crippen LogP contribution in [0.25, 0.3) is 17.0 Å². The molecular weight excluding hydrogens is 436 g/mol. The first-order valence-corrected chi connectivity index (χ1v) is 11.5. The SMILES string of the molecule is CCCN1C(=S)NC(c2ccc(OCC)cc2)C(c2nc(-c3cccc(OC)c3)no2)=C1C. The van der Waals surface area contributed by atoms with E-state index >= 15 is 0 Å². The zero-order valence-corrected chi connectivity index (χ0v) is 20.1. The van der Waals surface area contributed by atoms with E-state index in [2.05, 4.69) is 29.2 Å². The molecule has 2 heterocycles. The van der Waals surface area contributed by atoms with Crippen molar-refractivity contribution in [2.75, 3.05) is 20.3 Å². The highest BCUT2D eigenvalue weighted by Gasteiger charge is 2.33. The maximum absolute atomic E-state index is 5.78. The molecule has 0 fully saturated rings. The van der Waals surface area contributed by atoms with Gasteiger partial charge in [-0.1, -0.05) is 36.3 Å². The number of nitrogens with zero attached hydrogens (tertiary/aromatic N) is 3. The molecule has 4 rings (SSSR count). The van der Waals surface area contributed by atoms with Crippen molar-refractivity contribution < 1.29 is 14.0 Å². The minimum Gasteiger partial charge on any atom is -0.497 e. The molecule has 1 aliphatic rings. The second-order valence-electron chi connectivity index (χ2n) is 7.69. The summed E-state index contributed by atoms with van der Waals surface area (Å²) in [5.74, 6) is 2.53. The molecule has 8 heteroatoms. The first-order valence-electron chi connectivity index (χ1n) is 11.1. The standard InChI is InChI=1S/C25H28N4O3S/c1-5-14-29-16(3)21(22(26-25(29)33)17-10-12-19(13-11-17)31-6-2)24-27-23(28-32-24)18-8-7-9-20(15-18)30-4/h7-13,15,22H,5-6,14H2,1-4H3,(H,26,33). The van der Waals surface area contributed by atoms with Crippen molar-refractivity contribution in [3.05, 3.63) is 65.7 Å². The molecule has 0 saturated carbocycles. The summed E-state index contributed by atoms with van der Waals surface area (Å²) in [6.45, 7) is 7.57. The van der Waals surface area contributed by atoms with Gasteiger partial charge in [-0.2, -0.15) is 4.98 Å². The zero-order valence-electron chi connectivity index (χ0n) is 19.3. The van der Waals surface area contributed by atoms with Crippen LogP contribution in [0.3, 0.4) is 0 Å². The quantitative estimate of drug-likeness (QED) is 0.455. The number of allylic oxidation sites excluding steroid dienone is 1. The molecule has 0 radical (unpaired) electrons. The lowest BCUT2D eigenvalue weighted by Gasteiger charge is -2.37. The number of hydrogen-bond acceptors (Lipinski definition) is 6. The van der Waals surface area contributed by atoms with Crippen LogP contribution >= 0.6 is 12.2 Å². The highest BCUT2D eigenvalue weighted by Crippen LogP contribution is 2.38. The fraction of sp³-hybridized carbons (Fsp3) is 0.320. The molecule has 33 heavy (non-hydrogen) atoms. The van der Waals surface area contributed by atoms with Gasteiger partial charge in [0.1, 0.15) is 11.5 Å². The molecule has 7 nitrogen and oxygen atoms in total. The summed E-state index contributed by atoms with van der Waals surface area (Å²) in [7, 11) is 1.63. The highest BCUT2D eigenvalue weighted by molar-refractivity contribution is 7.80. The van der Waals surface area contributed by atoms with Crippen LogP contribution in [0.2, 0.25) is 0 Å². The maximum atomic E-state index is 5.78. The molecule has 0 bridgehead atoms. The maximum Gasteiger partial charge on any atom is 0.258 e. The lowest BCUT2D eigenvalue weighted by atomic mass is 9.94. The van der Waals surface area contributed by atoms with E-state index in [0.717, 1.165) is 46.9 Å². The van der Waals surface area contributed by atoms with Gasteiger partial charge in [0.15, 0.2) is 5.11 Å². The largest absolute Gasteiger partial charge is 0.497 e. The lowest BCUT2D eigenvalue weighted by molar-refractivity contribution is 0.340. The molecule has 1 unspecified atom stereocenters. The highest BCUT2D eigenvalue weighted by atomic mass is 32.1. The zero-order chi connectivity index (χ0) is 23.4. The molecule has 172 valence electrons. The number of ether oxygens (including phenoxy) is 2. The van der Waals surface area contributed by atoms with Crippen LogP contribution < -0.4 is 14.8 Å². The molecule has 3 aromatic rings. The van der Waals surface area contributed by atoms with Gasteiger partial charge in [-0.25, -0.2) is 0 Å². The summed E-state index contributed by atoms with van der Waals surface area (Å²) < 4.78 is 16.7. The van der Waals surface area contributed by atoms with Gasteiger partial charge in [0.05, 0.1) is 25.3 Å². The van der Waals surface area contributed by atoms with Crippen LogP contribution in [-0.2, 0) is 0 Å². The Hall–Kier alpha value is -3.39. The summed E-state index contributed by atoms with van der Waals surface area (Å²) in [4.78, 5) is 6.83. The van der Waals surface area contributed by atoms with E-state index < -0.39 is 0 Å². The van der Waals surface area contributed by atoms with Crippen molar-refractivity contribution >= 4 is 22.9 Å². The number of thiocarbonyl (C=S) groups is 1. The first kappa shape index (κ1) is 22.8. The van der Waals surface area contributed by atoms with Gasteiger partial charge in [0.2, 0.25) is 5.82 Å². The number of methoxy groups -OCH3 is 1. The molecule has 1 aromatic heterocycles. The van der Waals surface area contributed by atoms with Gasteiger partial charge in [0.25, 0.3) is 5.89 Å². The Morgan fingerprint density at radius 2 is 1.91 bits per heavy atom. The second kappa shape index (κ2) is 10.0. The van der Waals surface area contributed by atoms with Gasteiger partial charge < -0.3 is 24.2 Å². The molecule has 0 amide bonds. The minimum atomic E-state index is -0.222. The third kappa shape index (κ3) is 4.71. The fourth-order valence-electron chi connectivity index (χ4n) is 3.94. The van der Waals surface area contributed by atoms with Crippen molar-refractivity contribution in [2.45, 2.75) is 33.2 Å². The van der Waals surface area contributed by atoms with E-state index in [1.165, 1.54) is 0 Å². The van der Waals surface area contributed by atoms with Crippen molar-refractivity contribution in [3.63, 3.8) is 0 Å². The Bertz CT molecular complexity index is 1160. The van der Waals surface area contributed by atoms with E-state index in [-0.39, 0.29) is 6.04 Å². The molecule has 0 saturated heterocycles. The number of aromatic nitrogens is 2. The van der Waals surface area contributed by atoms with Gasteiger partial charge in [-0.05, 0) is 62.3 Å². The lowest BCUT2D eigenvalue weighted by Crippen LogP contribution is -2.46. The first-order chi connectivity index (χ1) is 16.0. The number of rotatable bonds is 8. The molecule has 1 atom stereocenters. The summed E-state index contributed by atoms with van der Waals surface area (Å²) in [6, 6.07) is 15.4. The van der Waals surface area contributed by atoms with Crippen molar-refractivity contribution in [1.29, 1.82) is 0 Å². The van der Waals surface area contributed by atoms with Crippen LogP contribution in [0, 0.1) is 0 Å². The molecule has 1 N–H and O–H groups in total. The monoisotopic (exact) mass is 464 g/mol. The Morgan fingerprint density at radius 1 is 1.12 bits per heavy atom. The normalized spacial score (nSPS) is 16.1. The number of benzene rings is 2. The summed E-state index contributed by atoms with van der Waals surface area (Å²) >= 11 is 5.70. The Labute approximate surface area is 199 Å². The van der Waals surface area contributed by atoms with Gasteiger partial charge in [-0.3, -0.25) is 0 Å². The van der Waals surface area contributed by atoms with Crippen LogP contribution in [0.4, 0.5) is 0 Å². The van der Waals surface area contributed by atoms with Gasteiger partial charge >= 0.3 is 0 Å². The predicted octanol–water partition coefficient (Wildman–Crippen LogP) is 5.22. The number of hydrogen-bond donors (Lipinski definition) is 1. The van der Waals surface area contributed by atoms with Gasteiger partial charge in [-0.15, -0.1) is 0 Å². The number of nitrogens with one attached hydrogen (secondary N) is 1. The molecular formula is C25H28N4O3S. The third-order valence-corrected chi connectivity index (χ3v) is 5.89. The molecule has 0 aliphatic carbocycles. The van der Waals surface area contributed by atoms with E-state index in [1.54, 1.807) is 7.11 Å². The topological polar surface area (TPSA) is 72.7 Å². The molecule has 1 aliphatic heterocycles. The van der Waals surface area contributed by atoms with E-state index in [9.17, 15) is 0 Å². The summed E-state index contributed by atoms with van der Waals surface area (Å²) in [6.07, 6.45) is 0.957. The molecule has 2 aromatic carbocycles. The Balaban J connectivity index is 1.77. The van der Waals surface area contributed by atoms with E-state index in [4.69, 9.17) is 31.2 Å². The van der Waals surface area contributed by atoms with Crippen molar-refractivity contribution in [3.8, 4) is 22.9 Å². The summed E-state index contributed by atoms with van der Waals surface area (Å²) in [5.41, 5.74) is 3.76. The minimum absolute atomic E-state index is 0.222. The average molecular weight is 465 g/mol.